The largest absolute Gasteiger partial charge is 0.454 e. The van der Waals surface area contributed by atoms with Crippen molar-refractivity contribution in [3.8, 4) is 22.3 Å². The van der Waals surface area contributed by atoms with Crippen LogP contribution >= 0.6 is 11.3 Å². The maximum Gasteiger partial charge on any atom is 0.160 e. The van der Waals surface area contributed by atoms with Crippen LogP contribution in [0, 0.1) is 0 Å². The van der Waals surface area contributed by atoms with E-state index in [2.05, 4.69) is 181 Å². The Labute approximate surface area is 287 Å². The van der Waals surface area contributed by atoms with E-state index in [4.69, 9.17) is 4.42 Å². The van der Waals surface area contributed by atoms with Gasteiger partial charge in [0.2, 0.25) is 0 Å². The van der Waals surface area contributed by atoms with E-state index in [1.807, 2.05) is 11.3 Å². The molecule has 0 aliphatic heterocycles. The second-order valence-corrected chi connectivity index (χ2v) is 13.5. The Morgan fingerprint density at radius 1 is 0.367 bits per heavy atom. The van der Waals surface area contributed by atoms with E-state index in [0.717, 1.165) is 44.6 Å². The van der Waals surface area contributed by atoms with Gasteiger partial charge in [-0.3, -0.25) is 0 Å². The molecule has 0 amide bonds. The lowest BCUT2D eigenvalue weighted by Crippen LogP contribution is -2.11. The van der Waals surface area contributed by atoms with Crippen LogP contribution < -0.4 is 4.90 Å². The van der Waals surface area contributed by atoms with Gasteiger partial charge in [0.25, 0.3) is 0 Å². The third kappa shape index (κ3) is 4.40. The minimum absolute atomic E-state index is 0.871. The van der Waals surface area contributed by atoms with E-state index in [-0.39, 0.29) is 0 Å². The lowest BCUT2D eigenvalue weighted by atomic mass is 9.95. The van der Waals surface area contributed by atoms with Gasteiger partial charge in [-0.15, -0.1) is 11.3 Å². The first kappa shape index (κ1) is 27.9. The molecule has 0 N–H and O–H groups in total. The van der Waals surface area contributed by atoms with Gasteiger partial charge in [0, 0.05) is 36.3 Å². The fraction of sp³-hybridized carbons (Fsp3) is 0. The molecule has 2 heterocycles. The number of benzene rings is 8. The minimum atomic E-state index is 0.871. The highest BCUT2D eigenvalue weighted by Gasteiger charge is 2.26. The molecule has 0 aliphatic rings. The number of hydrogen-bond acceptors (Lipinski definition) is 3. The van der Waals surface area contributed by atoms with Crippen LogP contribution in [0.2, 0.25) is 0 Å². The number of nitrogens with zero attached hydrogens (tertiary/aromatic N) is 1. The van der Waals surface area contributed by atoms with Crippen molar-refractivity contribution >= 4 is 81.3 Å². The molecule has 0 radical (unpaired) electrons. The summed E-state index contributed by atoms with van der Waals surface area (Å²) in [7, 11) is 0. The average Bonchev–Trinajstić information content (AvgIpc) is 3.75. The maximum absolute atomic E-state index is 6.92. The molecular weight excluding hydrogens is 615 g/mol. The second-order valence-electron chi connectivity index (χ2n) is 12.4. The fourth-order valence-electron chi connectivity index (χ4n) is 7.53. The molecule has 49 heavy (non-hydrogen) atoms. The summed E-state index contributed by atoms with van der Waals surface area (Å²) in [6.45, 7) is 0. The topological polar surface area (TPSA) is 16.4 Å². The van der Waals surface area contributed by atoms with Gasteiger partial charge in [0.15, 0.2) is 5.58 Å². The van der Waals surface area contributed by atoms with Crippen LogP contribution in [0.4, 0.5) is 17.1 Å². The van der Waals surface area contributed by atoms with Crippen LogP contribution in [0.5, 0.6) is 0 Å². The van der Waals surface area contributed by atoms with Crippen molar-refractivity contribution in [2.24, 2.45) is 0 Å². The summed E-state index contributed by atoms with van der Waals surface area (Å²) in [5.74, 6) is 0. The maximum atomic E-state index is 6.92. The summed E-state index contributed by atoms with van der Waals surface area (Å²) < 4.78 is 9.46. The Kier molecular flexibility index (Phi) is 6.39. The molecule has 8 aromatic carbocycles. The van der Waals surface area contributed by atoms with Crippen molar-refractivity contribution in [1.29, 1.82) is 0 Å². The van der Waals surface area contributed by atoms with Gasteiger partial charge >= 0.3 is 0 Å². The molecule has 10 rings (SSSR count). The SMILES string of the molecule is c1ccc(-c2ccc(N(c3ccc(-c4ccccc4)c4c3oc3ccccc34)c3cccc4sc5ccccc5c34)c3ccccc23)cc1. The zero-order valence-electron chi connectivity index (χ0n) is 26.5. The summed E-state index contributed by atoms with van der Waals surface area (Å²) in [6, 6.07) is 63.1. The zero-order chi connectivity index (χ0) is 32.3. The van der Waals surface area contributed by atoms with Gasteiger partial charge in [-0.2, -0.15) is 0 Å². The first-order chi connectivity index (χ1) is 24.3. The van der Waals surface area contributed by atoms with Crippen LogP contribution in [0.25, 0.3) is 75.1 Å². The predicted octanol–water partition coefficient (Wildman–Crippen LogP) is 13.9. The quantitative estimate of drug-likeness (QED) is 0.186. The van der Waals surface area contributed by atoms with Gasteiger partial charge in [0.1, 0.15) is 5.58 Å². The van der Waals surface area contributed by atoms with Crippen LogP contribution in [0.3, 0.4) is 0 Å². The lowest BCUT2D eigenvalue weighted by molar-refractivity contribution is 0.669. The molecule has 2 nitrogen and oxygen atoms in total. The highest BCUT2D eigenvalue weighted by molar-refractivity contribution is 7.26. The number of fused-ring (bicyclic) bond motifs is 7. The van der Waals surface area contributed by atoms with E-state index >= 15 is 0 Å². The molecule has 230 valence electrons. The summed E-state index contributed by atoms with van der Waals surface area (Å²) in [6.07, 6.45) is 0. The molecule has 0 saturated heterocycles. The molecule has 0 fully saturated rings. The average molecular weight is 644 g/mol. The van der Waals surface area contributed by atoms with E-state index < -0.39 is 0 Å². The van der Waals surface area contributed by atoms with Gasteiger partial charge in [-0.1, -0.05) is 140 Å². The van der Waals surface area contributed by atoms with Crippen molar-refractivity contribution < 1.29 is 4.42 Å². The number of thiophene rings is 1. The van der Waals surface area contributed by atoms with Crippen LogP contribution in [-0.2, 0) is 0 Å². The number of para-hydroxylation sites is 1. The molecule has 0 unspecified atom stereocenters. The van der Waals surface area contributed by atoms with E-state index in [9.17, 15) is 0 Å². The van der Waals surface area contributed by atoms with E-state index in [0.29, 0.717) is 0 Å². The van der Waals surface area contributed by atoms with Crippen LogP contribution in [0.1, 0.15) is 0 Å². The number of anilines is 3. The molecule has 3 heteroatoms. The van der Waals surface area contributed by atoms with Crippen molar-refractivity contribution in [3.63, 3.8) is 0 Å². The molecule has 0 spiro atoms. The first-order valence-corrected chi connectivity index (χ1v) is 17.4. The minimum Gasteiger partial charge on any atom is -0.454 e. The Morgan fingerprint density at radius 2 is 0.959 bits per heavy atom. The molecule has 0 atom stereocenters. The number of furan rings is 1. The second kappa shape index (κ2) is 11.2. The van der Waals surface area contributed by atoms with Crippen molar-refractivity contribution in [2.75, 3.05) is 4.90 Å². The Hall–Kier alpha value is -6.16. The lowest BCUT2D eigenvalue weighted by Gasteiger charge is -2.28. The van der Waals surface area contributed by atoms with Gasteiger partial charge < -0.3 is 9.32 Å². The molecule has 10 aromatic rings. The van der Waals surface area contributed by atoms with E-state index in [1.165, 1.54) is 47.6 Å². The molecule has 0 aliphatic carbocycles. The van der Waals surface area contributed by atoms with Crippen LogP contribution in [0.15, 0.2) is 180 Å². The van der Waals surface area contributed by atoms with Gasteiger partial charge in [-0.25, -0.2) is 0 Å². The normalized spacial score (nSPS) is 11.7. The molecule has 0 saturated carbocycles. The molecule has 0 bridgehead atoms. The number of hydrogen-bond donors (Lipinski definition) is 0. The summed E-state index contributed by atoms with van der Waals surface area (Å²) in [5, 5.41) is 7.13. The van der Waals surface area contributed by atoms with Crippen molar-refractivity contribution in [2.45, 2.75) is 0 Å². The highest BCUT2D eigenvalue weighted by Crippen LogP contribution is 2.51. The Morgan fingerprint density at radius 3 is 1.76 bits per heavy atom. The van der Waals surface area contributed by atoms with Crippen molar-refractivity contribution in [1.82, 2.24) is 0 Å². The Balaban J connectivity index is 1.34. The standard InChI is InChI=1S/C46H29NOS/c1-3-14-30(15-4-1)32-26-28-38(35-19-8-7-18-34(32)35)47(39-22-13-25-43-45(39)37-21-10-12-24-42(37)49-43)40-29-27-33(31-16-5-2-6-17-31)44-36-20-9-11-23-41(36)48-46(40)44/h1-29H. The highest BCUT2D eigenvalue weighted by atomic mass is 32.1. The third-order valence-corrected chi connectivity index (χ3v) is 10.8. The first-order valence-electron chi connectivity index (χ1n) is 16.6. The summed E-state index contributed by atoms with van der Waals surface area (Å²) >= 11 is 1.84. The van der Waals surface area contributed by atoms with Crippen LogP contribution in [-0.4, -0.2) is 0 Å². The molecular formula is C46H29NOS. The monoisotopic (exact) mass is 643 g/mol. The smallest absolute Gasteiger partial charge is 0.160 e. The molecule has 2 aromatic heterocycles. The van der Waals surface area contributed by atoms with Crippen molar-refractivity contribution in [3.05, 3.63) is 176 Å². The zero-order valence-corrected chi connectivity index (χ0v) is 27.3. The summed E-state index contributed by atoms with van der Waals surface area (Å²) in [5.41, 5.74) is 9.73. The summed E-state index contributed by atoms with van der Waals surface area (Å²) in [4.78, 5) is 2.44. The predicted molar refractivity (Wildman–Crippen MR) is 210 cm³/mol. The van der Waals surface area contributed by atoms with E-state index in [1.54, 1.807) is 0 Å². The van der Waals surface area contributed by atoms with Gasteiger partial charge in [-0.05, 0) is 64.0 Å². The third-order valence-electron chi connectivity index (χ3n) is 9.68. The number of rotatable bonds is 5. The van der Waals surface area contributed by atoms with Gasteiger partial charge in [0.05, 0.1) is 17.1 Å². The fourth-order valence-corrected chi connectivity index (χ4v) is 8.65. The Bertz CT molecular complexity index is 2830.